The Kier molecular flexibility index (Phi) is 12.8. The van der Waals surface area contributed by atoms with Gasteiger partial charge in [0.2, 0.25) is 29.5 Å². The first-order valence-corrected chi connectivity index (χ1v) is 14.3. The second kappa shape index (κ2) is 16.8. The quantitative estimate of drug-likeness (QED) is 0.375. The van der Waals surface area contributed by atoms with E-state index in [-0.39, 0.29) is 31.2 Å². The summed E-state index contributed by atoms with van der Waals surface area (Å²) in [5, 5.41) is 13.9. The third-order valence-corrected chi connectivity index (χ3v) is 6.90. The molecule has 0 radical (unpaired) electrons. The zero-order chi connectivity index (χ0) is 29.5. The fourth-order valence-electron chi connectivity index (χ4n) is 4.71. The first-order chi connectivity index (χ1) is 19.8. The predicted octanol–water partition coefficient (Wildman–Crippen LogP) is 1.53. The minimum atomic E-state index is -0.983. The van der Waals surface area contributed by atoms with Crippen LogP contribution in [0, 0.1) is 0 Å². The smallest absolute Gasteiger partial charge is 0.244 e. The van der Waals surface area contributed by atoms with E-state index in [1.165, 1.54) is 6.92 Å². The van der Waals surface area contributed by atoms with Gasteiger partial charge >= 0.3 is 0 Å². The Balaban J connectivity index is 1.84. The van der Waals surface area contributed by atoms with Crippen molar-refractivity contribution in [3.8, 4) is 0 Å². The summed E-state index contributed by atoms with van der Waals surface area (Å²) in [6.45, 7) is 1.61. The molecule has 1 saturated heterocycles. The number of rotatable bonds is 5. The number of benzene rings is 2. The molecule has 220 valence electrons. The molecule has 0 aromatic heterocycles. The summed E-state index contributed by atoms with van der Waals surface area (Å²) in [6.07, 6.45) is 4.83. The third-order valence-electron chi connectivity index (χ3n) is 6.90. The molecule has 41 heavy (non-hydrogen) atoms. The van der Waals surface area contributed by atoms with Crippen LogP contribution in [-0.2, 0) is 36.8 Å². The van der Waals surface area contributed by atoms with Crippen LogP contribution in [-0.4, -0.2) is 60.8 Å². The second-order valence-corrected chi connectivity index (χ2v) is 10.4. The second-order valence-electron chi connectivity index (χ2n) is 10.4. The highest BCUT2D eigenvalue weighted by atomic mass is 16.2. The minimum Gasteiger partial charge on any atom is -0.354 e. The Labute approximate surface area is 241 Å². The molecule has 0 spiro atoms. The molecule has 5 N–H and O–H groups in total. The van der Waals surface area contributed by atoms with Crippen LogP contribution in [0.15, 0.2) is 60.7 Å². The minimum absolute atomic E-state index is 0.143. The van der Waals surface area contributed by atoms with Crippen molar-refractivity contribution in [3.05, 3.63) is 71.8 Å². The van der Waals surface area contributed by atoms with Gasteiger partial charge in [-0.15, -0.1) is 0 Å². The standard InChI is InChI=1S/C31H41N5O5/c1-22(37)34-27-21-33-29(39)25(19-23-13-7-5-8-14-23)36-31(41)26(20-24-15-9-6-10-16-24)35-28(38)17-11-3-2-4-12-18-32-30(27)40/h5-10,13-16,25-27H,2-4,11-12,17-21H2,1H3,(H,32,40)(H,33,39)(H,34,37)(H,35,38)(H,36,41)/t25-,26-,27-/m0/s1. The molecule has 10 nitrogen and oxygen atoms in total. The first kappa shape index (κ1) is 31.3. The molecule has 0 aliphatic carbocycles. The first-order valence-electron chi connectivity index (χ1n) is 14.3. The number of hydrogen-bond acceptors (Lipinski definition) is 5. The van der Waals surface area contributed by atoms with E-state index in [2.05, 4.69) is 26.6 Å². The van der Waals surface area contributed by atoms with E-state index in [1.54, 1.807) is 0 Å². The molecule has 1 heterocycles. The van der Waals surface area contributed by atoms with E-state index in [4.69, 9.17) is 0 Å². The molecule has 5 amide bonds. The number of carbonyl (C=O) groups excluding carboxylic acids is 5. The van der Waals surface area contributed by atoms with E-state index < -0.39 is 35.8 Å². The molecule has 0 bridgehead atoms. The van der Waals surface area contributed by atoms with E-state index in [9.17, 15) is 24.0 Å². The lowest BCUT2D eigenvalue weighted by Gasteiger charge is -2.24. The monoisotopic (exact) mass is 563 g/mol. The summed E-state index contributed by atoms with van der Waals surface area (Å²) in [5.74, 6) is -1.99. The Morgan fingerprint density at radius 1 is 0.707 bits per heavy atom. The lowest BCUT2D eigenvalue weighted by atomic mass is 10.0. The summed E-state index contributed by atoms with van der Waals surface area (Å²) in [4.78, 5) is 64.4. The van der Waals surface area contributed by atoms with Gasteiger partial charge in [0, 0.05) is 39.3 Å². The number of carbonyl (C=O) groups is 5. The van der Waals surface area contributed by atoms with Gasteiger partial charge in [-0.1, -0.05) is 79.9 Å². The largest absolute Gasteiger partial charge is 0.354 e. The lowest BCUT2D eigenvalue weighted by molar-refractivity contribution is -0.132. The third kappa shape index (κ3) is 11.4. The molecular weight excluding hydrogens is 522 g/mol. The summed E-state index contributed by atoms with van der Waals surface area (Å²) in [6, 6.07) is 15.8. The van der Waals surface area contributed by atoms with Crippen molar-refractivity contribution in [2.75, 3.05) is 13.1 Å². The Hall–Kier alpha value is -4.21. The molecular formula is C31H41N5O5. The summed E-state index contributed by atoms with van der Waals surface area (Å²) < 4.78 is 0. The van der Waals surface area contributed by atoms with Crippen LogP contribution in [0.2, 0.25) is 0 Å². The van der Waals surface area contributed by atoms with Crippen molar-refractivity contribution in [3.63, 3.8) is 0 Å². The van der Waals surface area contributed by atoms with E-state index in [0.29, 0.717) is 19.4 Å². The van der Waals surface area contributed by atoms with Crippen molar-refractivity contribution >= 4 is 29.5 Å². The molecule has 2 aromatic rings. The van der Waals surface area contributed by atoms with Crippen LogP contribution in [0.4, 0.5) is 0 Å². The van der Waals surface area contributed by atoms with Crippen LogP contribution in [0.25, 0.3) is 0 Å². The van der Waals surface area contributed by atoms with Crippen LogP contribution >= 0.6 is 0 Å². The number of amides is 5. The van der Waals surface area contributed by atoms with Gasteiger partial charge in [-0.2, -0.15) is 0 Å². The van der Waals surface area contributed by atoms with Gasteiger partial charge < -0.3 is 26.6 Å². The van der Waals surface area contributed by atoms with Gasteiger partial charge in [0.15, 0.2) is 0 Å². The van der Waals surface area contributed by atoms with Crippen LogP contribution in [0.5, 0.6) is 0 Å². The van der Waals surface area contributed by atoms with Crippen molar-refractivity contribution in [2.45, 2.75) is 76.4 Å². The van der Waals surface area contributed by atoms with Crippen molar-refractivity contribution < 1.29 is 24.0 Å². The van der Waals surface area contributed by atoms with Gasteiger partial charge in [0.05, 0.1) is 0 Å². The van der Waals surface area contributed by atoms with Gasteiger partial charge in [-0.05, 0) is 24.0 Å². The molecule has 10 heteroatoms. The van der Waals surface area contributed by atoms with Gasteiger partial charge in [-0.3, -0.25) is 24.0 Å². The molecule has 1 aliphatic heterocycles. The van der Waals surface area contributed by atoms with Gasteiger partial charge in [-0.25, -0.2) is 0 Å². The highest BCUT2D eigenvalue weighted by Gasteiger charge is 2.28. The molecule has 2 aromatic carbocycles. The normalized spacial score (nSPS) is 22.0. The fraction of sp³-hybridized carbons (Fsp3) is 0.452. The molecule has 3 rings (SSSR count). The number of nitrogens with one attached hydrogen (secondary N) is 5. The highest BCUT2D eigenvalue weighted by Crippen LogP contribution is 2.09. The SMILES string of the molecule is CC(=O)N[C@H]1CNC(=O)[C@H](Cc2ccccc2)NC(=O)[C@H](Cc2ccccc2)NC(=O)CCCCCCCNC1=O. The molecule has 1 aliphatic rings. The summed E-state index contributed by atoms with van der Waals surface area (Å²) >= 11 is 0. The maximum absolute atomic E-state index is 13.6. The topological polar surface area (TPSA) is 146 Å². The highest BCUT2D eigenvalue weighted by molar-refractivity contribution is 5.93. The zero-order valence-corrected chi connectivity index (χ0v) is 23.6. The van der Waals surface area contributed by atoms with Crippen molar-refractivity contribution in [1.82, 2.24) is 26.6 Å². The average molecular weight is 564 g/mol. The maximum Gasteiger partial charge on any atom is 0.244 e. The molecule has 0 saturated carbocycles. The van der Waals surface area contributed by atoms with Gasteiger partial charge in [0.1, 0.15) is 18.1 Å². The summed E-state index contributed by atoms with van der Waals surface area (Å²) in [5.41, 5.74) is 1.70. The Morgan fingerprint density at radius 2 is 1.27 bits per heavy atom. The van der Waals surface area contributed by atoms with Crippen LogP contribution in [0.3, 0.4) is 0 Å². The maximum atomic E-state index is 13.6. The van der Waals surface area contributed by atoms with E-state index in [0.717, 1.165) is 36.8 Å². The summed E-state index contributed by atoms with van der Waals surface area (Å²) in [7, 11) is 0. The molecule has 0 unspecified atom stereocenters. The van der Waals surface area contributed by atoms with Crippen molar-refractivity contribution in [1.29, 1.82) is 0 Å². The van der Waals surface area contributed by atoms with E-state index >= 15 is 0 Å². The van der Waals surface area contributed by atoms with Crippen LogP contribution in [0.1, 0.15) is 56.6 Å². The molecule has 1 fully saturated rings. The molecule has 3 atom stereocenters. The zero-order valence-electron chi connectivity index (χ0n) is 23.6. The fourth-order valence-corrected chi connectivity index (χ4v) is 4.71. The Morgan fingerprint density at radius 3 is 1.88 bits per heavy atom. The van der Waals surface area contributed by atoms with Crippen LogP contribution < -0.4 is 26.6 Å². The van der Waals surface area contributed by atoms with Crippen molar-refractivity contribution in [2.24, 2.45) is 0 Å². The lowest BCUT2D eigenvalue weighted by Crippen LogP contribution is -2.57. The Bertz CT molecular complexity index is 1160. The predicted molar refractivity (Wildman–Crippen MR) is 155 cm³/mol. The van der Waals surface area contributed by atoms with Gasteiger partial charge in [0.25, 0.3) is 0 Å². The average Bonchev–Trinajstić information content (AvgIpc) is 2.96. The number of hydrogen-bond donors (Lipinski definition) is 5. The van der Waals surface area contributed by atoms with E-state index in [1.807, 2.05) is 60.7 Å².